The average molecular weight is 333 g/mol. The van der Waals surface area contributed by atoms with E-state index < -0.39 is 5.91 Å². The normalized spacial score (nSPS) is 14.4. The molecule has 0 bridgehead atoms. The van der Waals surface area contributed by atoms with Crippen molar-refractivity contribution < 1.29 is 14.3 Å². The van der Waals surface area contributed by atoms with Gasteiger partial charge in [-0.05, 0) is 45.7 Å². The SMILES string of the molecule is CC(C)(C)OC(=O)N1CCCC1.NC(=O)c1ccc(Cl)s1. The minimum atomic E-state index is -0.424. The number of hydrogen-bond acceptors (Lipinski definition) is 4. The fraction of sp³-hybridized carbons (Fsp3) is 0.571. The topological polar surface area (TPSA) is 72.6 Å². The van der Waals surface area contributed by atoms with Gasteiger partial charge >= 0.3 is 6.09 Å². The Morgan fingerprint density at radius 1 is 1.29 bits per heavy atom. The number of ether oxygens (including phenoxy) is 1. The van der Waals surface area contributed by atoms with Gasteiger partial charge in [-0.3, -0.25) is 4.79 Å². The number of nitrogens with zero attached hydrogens (tertiary/aromatic N) is 1. The molecule has 1 aromatic heterocycles. The van der Waals surface area contributed by atoms with Crippen LogP contribution in [-0.2, 0) is 4.74 Å². The van der Waals surface area contributed by atoms with Gasteiger partial charge in [0.2, 0.25) is 0 Å². The van der Waals surface area contributed by atoms with Crippen LogP contribution in [0.2, 0.25) is 4.34 Å². The molecule has 2 heterocycles. The molecule has 2 rings (SSSR count). The van der Waals surface area contributed by atoms with E-state index in [9.17, 15) is 9.59 Å². The van der Waals surface area contributed by atoms with E-state index in [0.29, 0.717) is 9.21 Å². The Bertz CT molecular complexity index is 491. The molecule has 0 atom stereocenters. The predicted octanol–water partition coefficient (Wildman–Crippen LogP) is 3.52. The molecule has 1 saturated heterocycles. The second kappa shape index (κ2) is 7.66. The highest BCUT2D eigenvalue weighted by Gasteiger charge is 2.23. The first-order valence-electron chi connectivity index (χ1n) is 6.72. The van der Waals surface area contributed by atoms with Gasteiger partial charge in [-0.25, -0.2) is 4.79 Å². The second-order valence-corrected chi connectivity index (χ2v) is 7.36. The number of primary amides is 1. The van der Waals surface area contributed by atoms with Gasteiger partial charge in [0.05, 0.1) is 9.21 Å². The number of amides is 2. The average Bonchev–Trinajstić information content (AvgIpc) is 2.97. The molecule has 0 unspecified atom stereocenters. The molecule has 1 aliphatic rings. The Morgan fingerprint density at radius 2 is 1.86 bits per heavy atom. The van der Waals surface area contributed by atoms with E-state index in [1.807, 2.05) is 20.8 Å². The standard InChI is InChI=1S/C9H17NO2.C5H4ClNOS/c1-9(2,3)12-8(11)10-6-4-5-7-10;6-4-2-1-3(9-4)5(7)8/h4-7H2,1-3H3;1-2H,(H2,7,8). The molecule has 21 heavy (non-hydrogen) atoms. The third kappa shape index (κ3) is 6.82. The van der Waals surface area contributed by atoms with Crippen LogP contribution in [0.3, 0.4) is 0 Å². The Morgan fingerprint density at radius 3 is 2.19 bits per heavy atom. The van der Waals surface area contributed by atoms with Crippen molar-refractivity contribution in [3.63, 3.8) is 0 Å². The molecule has 2 amide bonds. The van der Waals surface area contributed by atoms with Gasteiger partial charge in [0.15, 0.2) is 0 Å². The van der Waals surface area contributed by atoms with Gasteiger partial charge in [0.25, 0.3) is 5.91 Å². The van der Waals surface area contributed by atoms with Crippen molar-refractivity contribution in [3.05, 3.63) is 21.3 Å². The highest BCUT2D eigenvalue weighted by molar-refractivity contribution is 7.17. The van der Waals surface area contributed by atoms with E-state index >= 15 is 0 Å². The lowest BCUT2D eigenvalue weighted by atomic mass is 10.2. The lowest BCUT2D eigenvalue weighted by Crippen LogP contribution is -2.34. The molecular formula is C14H21ClN2O3S. The summed E-state index contributed by atoms with van der Waals surface area (Å²) in [6.07, 6.45) is 2.05. The van der Waals surface area contributed by atoms with Crippen molar-refractivity contribution in [2.24, 2.45) is 5.73 Å². The van der Waals surface area contributed by atoms with Crippen molar-refractivity contribution in [3.8, 4) is 0 Å². The van der Waals surface area contributed by atoms with Crippen molar-refractivity contribution in [2.75, 3.05) is 13.1 Å². The van der Waals surface area contributed by atoms with Gasteiger partial charge < -0.3 is 15.4 Å². The summed E-state index contributed by atoms with van der Waals surface area (Å²) in [5.41, 5.74) is 4.58. The Kier molecular flexibility index (Phi) is 6.48. The number of carbonyl (C=O) groups excluding carboxylic acids is 2. The van der Waals surface area contributed by atoms with Gasteiger partial charge in [0, 0.05) is 13.1 Å². The third-order valence-electron chi connectivity index (χ3n) is 2.57. The maximum atomic E-state index is 11.4. The van der Waals surface area contributed by atoms with E-state index in [-0.39, 0.29) is 11.7 Å². The molecule has 5 nitrogen and oxygen atoms in total. The third-order valence-corrected chi connectivity index (χ3v) is 3.82. The smallest absolute Gasteiger partial charge is 0.410 e. The van der Waals surface area contributed by atoms with Crippen LogP contribution >= 0.6 is 22.9 Å². The molecule has 0 aromatic carbocycles. The number of thiophene rings is 1. The van der Waals surface area contributed by atoms with E-state index in [0.717, 1.165) is 25.9 Å². The van der Waals surface area contributed by atoms with Crippen LogP contribution in [0.5, 0.6) is 0 Å². The van der Waals surface area contributed by atoms with Crippen molar-refractivity contribution in [1.29, 1.82) is 0 Å². The van der Waals surface area contributed by atoms with Crippen molar-refractivity contribution >= 4 is 34.9 Å². The van der Waals surface area contributed by atoms with Crippen molar-refractivity contribution in [1.82, 2.24) is 4.90 Å². The molecule has 0 saturated carbocycles. The summed E-state index contributed by atoms with van der Waals surface area (Å²) in [5.74, 6) is -0.424. The van der Waals surface area contributed by atoms with E-state index in [4.69, 9.17) is 22.1 Å². The Hall–Kier alpha value is -1.27. The first kappa shape index (κ1) is 17.8. The van der Waals surface area contributed by atoms with Crippen LogP contribution in [0.15, 0.2) is 12.1 Å². The highest BCUT2D eigenvalue weighted by atomic mass is 35.5. The second-order valence-electron chi connectivity index (χ2n) is 5.64. The largest absolute Gasteiger partial charge is 0.444 e. The first-order chi connectivity index (χ1) is 9.69. The van der Waals surface area contributed by atoms with Crippen LogP contribution in [0.1, 0.15) is 43.3 Å². The zero-order valence-electron chi connectivity index (χ0n) is 12.5. The molecule has 1 aromatic rings. The Balaban J connectivity index is 0.000000219. The molecule has 0 radical (unpaired) electrons. The van der Waals surface area contributed by atoms with Gasteiger partial charge in [-0.15, -0.1) is 11.3 Å². The predicted molar refractivity (Wildman–Crippen MR) is 84.9 cm³/mol. The van der Waals surface area contributed by atoms with Crippen LogP contribution in [0, 0.1) is 0 Å². The molecule has 0 spiro atoms. The number of carbonyl (C=O) groups is 2. The summed E-state index contributed by atoms with van der Waals surface area (Å²) in [6, 6.07) is 3.25. The Labute approximate surface area is 134 Å². The maximum Gasteiger partial charge on any atom is 0.410 e. The summed E-state index contributed by atoms with van der Waals surface area (Å²) < 4.78 is 5.80. The van der Waals surface area contributed by atoms with Crippen LogP contribution in [0.25, 0.3) is 0 Å². The zero-order valence-corrected chi connectivity index (χ0v) is 14.1. The first-order valence-corrected chi connectivity index (χ1v) is 7.91. The van der Waals surface area contributed by atoms with Crippen LogP contribution in [-0.4, -0.2) is 35.6 Å². The molecule has 2 N–H and O–H groups in total. The number of likely N-dealkylation sites (tertiary alicyclic amines) is 1. The van der Waals surface area contributed by atoms with E-state index in [2.05, 4.69) is 0 Å². The molecule has 118 valence electrons. The summed E-state index contributed by atoms with van der Waals surface area (Å²) in [4.78, 5) is 24.0. The lowest BCUT2D eigenvalue weighted by Gasteiger charge is -2.23. The van der Waals surface area contributed by atoms with Gasteiger partial charge in [-0.2, -0.15) is 0 Å². The molecule has 1 aliphatic heterocycles. The number of nitrogens with two attached hydrogens (primary N) is 1. The van der Waals surface area contributed by atoms with Crippen LogP contribution in [0.4, 0.5) is 4.79 Å². The zero-order chi connectivity index (χ0) is 16.0. The van der Waals surface area contributed by atoms with E-state index in [1.165, 1.54) is 11.3 Å². The van der Waals surface area contributed by atoms with Crippen LogP contribution < -0.4 is 5.73 Å². The number of halogens is 1. The fourth-order valence-corrected chi connectivity index (χ4v) is 2.57. The quantitative estimate of drug-likeness (QED) is 0.855. The van der Waals surface area contributed by atoms with E-state index in [1.54, 1.807) is 17.0 Å². The van der Waals surface area contributed by atoms with Gasteiger partial charge in [-0.1, -0.05) is 11.6 Å². The summed E-state index contributed by atoms with van der Waals surface area (Å²) in [6.45, 7) is 7.38. The van der Waals surface area contributed by atoms with Gasteiger partial charge in [0.1, 0.15) is 5.60 Å². The molecule has 1 fully saturated rings. The monoisotopic (exact) mass is 332 g/mol. The lowest BCUT2D eigenvalue weighted by molar-refractivity contribution is 0.0295. The fourth-order valence-electron chi connectivity index (χ4n) is 1.67. The molecule has 0 aliphatic carbocycles. The number of hydrogen-bond donors (Lipinski definition) is 1. The maximum absolute atomic E-state index is 11.4. The highest BCUT2D eigenvalue weighted by Crippen LogP contribution is 2.20. The molecular weight excluding hydrogens is 312 g/mol. The summed E-state index contributed by atoms with van der Waals surface area (Å²) in [7, 11) is 0. The summed E-state index contributed by atoms with van der Waals surface area (Å²) in [5, 5.41) is 0. The molecule has 7 heteroatoms. The minimum Gasteiger partial charge on any atom is -0.444 e. The number of rotatable bonds is 1. The van der Waals surface area contributed by atoms with Crippen molar-refractivity contribution in [2.45, 2.75) is 39.2 Å². The summed E-state index contributed by atoms with van der Waals surface area (Å²) >= 11 is 6.70. The minimum absolute atomic E-state index is 0.167.